The number of rotatable bonds is 7. The molecule has 2 saturated carbocycles. The number of hydrogen-bond acceptors (Lipinski definition) is 3. The van der Waals surface area contributed by atoms with Crippen LogP contribution < -0.4 is 0 Å². The number of ether oxygens (including phenoxy) is 1. The summed E-state index contributed by atoms with van der Waals surface area (Å²) in [6.45, 7) is 3.22. The molecule has 28 heavy (non-hydrogen) atoms. The third kappa shape index (κ3) is 3.61. The lowest BCUT2D eigenvalue weighted by atomic mass is 9.53. The highest BCUT2D eigenvalue weighted by Crippen LogP contribution is 2.62. The number of methoxy groups -OCH3 is 1. The van der Waals surface area contributed by atoms with Gasteiger partial charge in [-0.1, -0.05) is 32.3 Å². The van der Waals surface area contributed by atoms with Gasteiger partial charge in [0.05, 0.1) is 6.10 Å². The monoisotopic (exact) mass is 386 g/mol. The van der Waals surface area contributed by atoms with E-state index in [-0.39, 0.29) is 11.5 Å². The molecular formula is C25H38O3. The van der Waals surface area contributed by atoms with Crippen molar-refractivity contribution in [3.8, 4) is 5.75 Å². The number of aliphatic hydroxyl groups is 1. The van der Waals surface area contributed by atoms with Crippen molar-refractivity contribution in [3.63, 3.8) is 0 Å². The van der Waals surface area contributed by atoms with Crippen LogP contribution in [0.3, 0.4) is 0 Å². The van der Waals surface area contributed by atoms with Gasteiger partial charge in [0.2, 0.25) is 0 Å². The fraction of sp³-hybridized carbons (Fsp3) is 0.760. The third-order valence-electron chi connectivity index (χ3n) is 8.50. The van der Waals surface area contributed by atoms with E-state index in [1.807, 2.05) is 6.07 Å². The van der Waals surface area contributed by atoms with E-state index in [1.165, 1.54) is 56.1 Å². The number of aromatic hydroxyl groups is 1. The summed E-state index contributed by atoms with van der Waals surface area (Å²) in [5.41, 5.74) is 3.04. The molecule has 0 radical (unpaired) electrons. The van der Waals surface area contributed by atoms with E-state index in [9.17, 15) is 10.2 Å². The fourth-order valence-electron chi connectivity index (χ4n) is 6.95. The molecule has 0 heterocycles. The van der Waals surface area contributed by atoms with Gasteiger partial charge in [-0.05, 0) is 97.3 Å². The van der Waals surface area contributed by atoms with Crippen molar-refractivity contribution in [3.05, 3.63) is 29.3 Å². The lowest BCUT2D eigenvalue weighted by Crippen LogP contribution is -2.44. The lowest BCUT2D eigenvalue weighted by molar-refractivity contribution is -0.0252. The molecule has 1 aromatic carbocycles. The third-order valence-corrected chi connectivity index (χ3v) is 8.50. The van der Waals surface area contributed by atoms with Gasteiger partial charge in [-0.2, -0.15) is 0 Å². The zero-order valence-corrected chi connectivity index (χ0v) is 17.7. The van der Waals surface area contributed by atoms with Crippen molar-refractivity contribution in [2.75, 3.05) is 13.7 Å². The Morgan fingerprint density at radius 3 is 2.71 bits per heavy atom. The second-order valence-corrected chi connectivity index (χ2v) is 9.96. The molecule has 3 heteroatoms. The lowest BCUT2D eigenvalue weighted by Gasteiger charge is -2.51. The maximum Gasteiger partial charge on any atom is 0.115 e. The molecule has 2 N–H and O–H groups in total. The molecule has 1 unspecified atom stereocenters. The van der Waals surface area contributed by atoms with E-state index < -0.39 is 0 Å². The molecule has 0 aromatic heterocycles. The predicted molar refractivity (Wildman–Crippen MR) is 113 cm³/mol. The van der Waals surface area contributed by atoms with Gasteiger partial charge >= 0.3 is 0 Å². The van der Waals surface area contributed by atoms with Crippen molar-refractivity contribution in [1.29, 1.82) is 0 Å². The van der Waals surface area contributed by atoms with Crippen LogP contribution in [0.2, 0.25) is 0 Å². The van der Waals surface area contributed by atoms with Gasteiger partial charge in [-0.15, -0.1) is 0 Å². The number of hydrogen-bond donors (Lipinski definition) is 2. The van der Waals surface area contributed by atoms with Gasteiger partial charge in [0.25, 0.3) is 0 Å². The molecule has 0 saturated heterocycles. The first kappa shape index (κ1) is 20.2. The van der Waals surface area contributed by atoms with E-state index in [2.05, 4.69) is 19.1 Å². The summed E-state index contributed by atoms with van der Waals surface area (Å²) in [5, 5.41) is 20.8. The summed E-state index contributed by atoms with van der Waals surface area (Å²) >= 11 is 0. The van der Waals surface area contributed by atoms with Crippen LogP contribution in [0.25, 0.3) is 0 Å². The Morgan fingerprint density at radius 1 is 1.07 bits per heavy atom. The Kier molecular flexibility index (Phi) is 6.04. The van der Waals surface area contributed by atoms with E-state index in [4.69, 9.17) is 4.74 Å². The van der Waals surface area contributed by atoms with Crippen LogP contribution in [0.15, 0.2) is 18.2 Å². The van der Waals surface area contributed by atoms with Crippen LogP contribution in [0.4, 0.5) is 0 Å². The standard InChI is InChI=1S/C25H38O3/c1-25-13-12-20-19-9-8-18(26)16-21(19)17(7-5-3-4-6-14-28-2)15-22(20)23(25)10-11-24(25)27/h8-9,16-17,20,22-24,26-27H,3-7,10-15H2,1-2H3/t17-,20+,22-,23-,24?,25-/m0/s1. The average Bonchev–Trinajstić information content (AvgIpc) is 2.99. The number of phenolic OH excluding ortho intramolecular Hbond substituents is 1. The van der Waals surface area contributed by atoms with Crippen LogP contribution in [0, 0.1) is 17.3 Å². The number of benzene rings is 1. The largest absolute Gasteiger partial charge is 0.508 e. The summed E-state index contributed by atoms with van der Waals surface area (Å²) in [6.07, 6.45) is 11.8. The van der Waals surface area contributed by atoms with Crippen LogP contribution in [0.5, 0.6) is 5.75 Å². The number of unbranched alkanes of at least 4 members (excludes halogenated alkanes) is 3. The summed E-state index contributed by atoms with van der Waals surface area (Å²) in [6, 6.07) is 6.15. The van der Waals surface area contributed by atoms with Crippen molar-refractivity contribution >= 4 is 0 Å². The first-order valence-corrected chi connectivity index (χ1v) is 11.5. The summed E-state index contributed by atoms with van der Waals surface area (Å²) in [7, 11) is 1.78. The summed E-state index contributed by atoms with van der Waals surface area (Å²) < 4.78 is 5.17. The molecule has 156 valence electrons. The van der Waals surface area contributed by atoms with E-state index in [0.29, 0.717) is 29.4 Å². The first-order chi connectivity index (χ1) is 13.5. The van der Waals surface area contributed by atoms with Gasteiger partial charge in [0, 0.05) is 13.7 Å². The second-order valence-electron chi connectivity index (χ2n) is 9.96. The smallest absolute Gasteiger partial charge is 0.115 e. The Morgan fingerprint density at radius 2 is 1.89 bits per heavy atom. The minimum absolute atomic E-state index is 0.112. The number of aliphatic hydroxyl groups excluding tert-OH is 1. The van der Waals surface area contributed by atoms with Gasteiger partial charge in [0.15, 0.2) is 0 Å². The van der Waals surface area contributed by atoms with Crippen molar-refractivity contribution in [2.45, 2.75) is 89.1 Å². The highest BCUT2D eigenvalue weighted by Gasteiger charge is 2.55. The Bertz CT molecular complexity index is 672. The predicted octanol–water partition coefficient (Wildman–Crippen LogP) is 5.75. The molecule has 3 nitrogen and oxygen atoms in total. The molecule has 2 fully saturated rings. The molecule has 4 rings (SSSR count). The minimum atomic E-state index is -0.112. The summed E-state index contributed by atoms with van der Waals surface area (Å²) in [4.78, 5) is 0. The van der Waals surface area contributed by atoms with Gasteiger partial charge < -0.3 is 14.9 Å². The molecule has 0 amide bonds. The topological polar surface area (TPSA) is 49.7 Å². The normalized spacial score (nSPS) is 36.6. The SMILES string of the molecule is COCCCCCC[C@H]1C[C@H]2[C@H](CC[C@]3(C)C(O)CC[C@@H]23)c2ccc(O)cc21. The fourth-order valence-corrected chi connectivity index (χ4v) is 6.95. The van der Waals surface area contributed by atoms with Crippen LogP contribution in [-0.4, -0.2) is 30.0 Å². The first-order valence-electron chi connectivity index (χ1n) is 11.5. The molecule has 1 aromatic rings. The molecule has 0 bridgehead atoms. The van der Waals surface area contributed by atoms with Gasteiger partial charge in [-0.25, -0.2) is 0 Å². The maximum absolute atomic E-state index is 10.7. The molecule has 0 spiro atoms. The Balaban J connectivity index is 1.52. The highest BCUT2D eigenvalue weighted by molar-refractivity contribution is 5.42. The zero-order chi connectivity index (χ0) is 19.7. The quantitative estimate of drug-likeness (QED) is 0.587. The van der Waals surface area contributed by atoms with Crippen molar-refractivity contribution < 1.29 is 14.9 Å². The highest BCUT2D eigenvalue weighted by atomic mass is 16.5. The Labute approximate surface area is 170 Å². The molecule has 3 aliphatic rings. The minimum Gasteiger partial charge on any atom is -0.508 e. The zero-order valence-electron chi connectivity index (χ0n) is 17.7. The van der Waals surface area contributed by atoms with Crippen molar-refractivity contribution in [2.24, 2.45) is 17.3 Å². The van der Waals surface area contributed by atoms with Gasteiger partial charge in [-0.3, -0.25) is 0 Å². The number of fused-ring (bicyclic) bond motifs is 5. The Hall–Kier alpha value is -1.06. The average molecular weight is 387 g/mol. The van der Waals surface area contributed by atoms with Crippen molar-refractivity contribution in [1.82, 2.24) is 0 Å². The second kappa shape index (κ2) is 8.36. The molecule has 6 atom stereocenters. The molecule has 0 aliphatic heterocycles. The summed E-state index contributed by atoms with van der Waals surface area (Å²) in [5.74, 6) is 2.96. The maximum atomic E-state index is 10.7. The molecule has 3 aliphatic carbocycles. The van der Waals surface area contributed by atoms with Crippen LogP contribution >= 0.6 is 0 Å². The molecular weight excluding hydrogens is 348 g/mol. The number of phenols is 1. The van der Waals surface area contributed by atoms with Crippen LogP contribution in [-0.2, 0) is 4.74 Å². The van der Waals surface area contributed by atoms with Gasteiger partial charge in [0.1, 0.15) is 5.75 Å². The van der Waals surface area contributed by atoms with E-state index >= 15 is 0 Å². The van der Waals surface area contributed by atoms with E-state index in [0.717, 1.165) is 25.9 Å². The van der Waals surface area contributed by atoms with Crippen LogP contribution in [0.1, 0.15) is 94.1 Å². The van der Waals surface area contributed by atoms with E-state index in [1.54, 1.807) is 7.11 Å².